The van der Waals surface area contributed by atoms with E-state index in [1.165, 1.54) is 0 Å². The fraction of sp³-hybridized carbons (Fsp3) is 0.800. The van der Waals surface area contributed by atoms with E-state index in [9.17, 15) is 4.79 Å². The molecule has 0 saturated heterocycles. The van der Waals surface area contributed by atoms with E-state index in [1.54, 1.807) is 0 Å². The molecule has 0 amide bonds. The van der Waals surface area contributed by atoms with E-state index in [1.807, 2.05) is 6.92 Å². The van der Waals surface area contributed by atoms with Crippen molar-refractivity contribution in [2.24, 2.45) is 5.92 Å². The van der Waals surface area contributed by atoms with E-state index in [0.29, 0.717) is 12.3 Å². The first kappa shape index (κ1) is 16.0. The highest BCUT2D eigenvalue weighted by atomic mass is 16.5. The number of unbranched alkanes of at least 4 members (excludes halogenated alkanes) is 2. The Hall–Kier alpha value is -0.970. The molecule has 98 valence electrons. The van der Waals surface area contributed by atoms with Gasteiger partial charge in [-0.05, 0) is 18.8 Å². The number of hydrogen-bond donors (Lipinski definition) is 0. The van der Waals surface area contributed by atoms with Crippen LogP contribution in [0.1, 0.15) is 66.2 Å². The van der Waals surface area contributed by atoms with Gasteiger partial charge in [-0.25, -0.2) is 0 Å². The summed E-state index contributed by atoms with van der Waals surface area (Å²) in [5.74, 6) is 6.42. The largest absolute Gasteiger partial charge is 0.449 e. The second-order valence-corrected chi connectivity index (χ2v) is 4.74. The molecule has 0 heterocycles. The summed E-state index contributed by atoms with van der Waals surface area (Å²) in [4.78, 5) is 11.6. The third kappa shape index (κ3) is 9.93. The highest BCUT2D eigenvalue weighted by Gasteiger charge is 2.13. The van der Waals surface area contributed by atoms with E-state index < -0.39 is 0 Å². The molecule has 0 rings (SSSR count). The topological polar surface area (TPSA) is 26.3 Å². The monoisotopic (exact) mass is 238 g/mol. The minimum absolute atomic E-state index is 0.102. The van der Waals surface area contributed by atoms with Gasteiger partial charge in [0.1, 0.15) is 0 Å². The average Bonchev–Trinajstić information content (AvgIpc) is 2.25. The van der Waals surface area contributed by atoms with Gasteiger partial charge in [0.05, 0.1) is 0 Å². The zero-order valence-corrected chi connectivity index (χ0v) is 11.7. The summed E-state index contributed by atoms with van der Waals surface area (Å²) in [6, 6.07) is 0. The maximum atomic E-state index is 11.6. The molecule has 0 spiro atoms. The van der Waals surface area contributed by atoms with Gasteiger partial charge in [0.15, 0.2) is 6.10 Å². The Morgan fingerprint density at radius 1 is 1.24 bits per heavy atom. The first-order valence-corrected chi connectivity index (χ1v) is 6.78. The van der Waals surface area contributed by atoms with Crippen molar-refractivity contribution >= 4 is 5.97 Å². The SMILES string of the molecule is CCC#CC(CC(C)C)OC(=O)CCCCC. The van der Waals surface area contributed by atoms with Crippen molar-refractivity contribution in [2.45, 2.75) is 72.3 Å². The van der Waals surface area contributed by atoms with Gasteiger partial charge in [0.2, 0.25) is 0 Å². The molecule has 0 fully saturated rings. The van der Waals surface area contributed by atoms with Crippen LogP contribution < -0.4 is 0 Å². The lowest BCUT2D eigenvalue weighted by Crippen LogP contribution is -2.18. The molecule has 0 aliphatic carbocycles. The molecule has 0 radical (unpaired) electrons. The second kappa shape index (κ2) is 10.2. The number of rotatable bonds is 7. The van der Waals surface area contributed by atoms with Crippen molar-refractivity contribution in [2.75, 3.05) is 0 Å². The molecule has 2 nitrogen and oxygen atoms in total. The molecule has 2 heteroatoms. The summed E-state index contributed by atoms with van der Waals surface area (Å²) in [7, 11) is 0. The number of hydrogen-bond acceptors (Lipinski definition) is 2. The summed E-state index contributed by atoms with van der Waals surface area (Å²) in [6.45, 7) is 8.36. The van der Waals surface area contributed by atoms with E-state index in [4.69, 9.17) is 4.74 Å². The fourth-order valence-electron chi connectivity index (χ4n) is 1.52. The van der Waals surface area contributed by atoms with Crippen LogP contribution in [0.2, 0.25) is 0 Å². The highest BCUT2D eigenvalue weighted by molar-refractivity contribution is 5.69. The molecule has 0 aromatic carbocycles. The summed E-state index contributed by atoms with van der Waals surface area (Å²) in [5.41, 5.74) is 0. The van der Waals surface area contributed by atoms with Gasteiger partial charge in [-0.1, -0.05) is 52.4 Å². The maximum absolute atomic E-state index is 11.6. The number of ether oxygens (including phenoxy) is 1. The zero-order valence-electron chi connectivity index (χ0n) is 11.7. The predicted octanol–water partition coefficient (Wildman–Crippen LogP) is 3.94. The average molecular weight is 238 g/mol. The second-order valence-electron chi connectivity index (χ2n) is 4.74. The van der Waals surface area contributed by atoms with Crippen LogP contribution >= 0.6 is 0 Å². The maximum Gasteiger partial charge on any atom is 0.307 e. The molecule has 0 aliphatic rings. The van der Waals surface area contributed by atoms with Crippen LogP contribution in [-0.2, 0) is 9.53 Å². The van der Waals surface area contributed by atoms with Crippen LogP contribution in [0, 0.1) is 17.8 Å². The molecule has 1 unspecified atom stereocenters. The molecule has 0 N–H and O–H groups in total. The van der Waals surface area contributed by atoms with Gasteiger partial charge in [-0.3, -0.25) is 4.79 Å². The van der Waals surface area contributed by atoms with Gasteiger partial charge < -0.3 is 4.74 Å². The third-order valence-electron chi connectivity index (χ3n) is 2.38. The minimum Gasteiger partial charge on any atom is -0.449 e. The van der Waals surface area contributed by atoms with Gasteiger partial charge >= 0.3 is 5.97 Å². The molecule has 0 saturated carbocycles. The van der Waals surface area contributed by atoms with Crippen LogP contribution in [0.3, 0.4) is 0 Å². The van der Waals surface area contributed by atoms with Crippen molar-refractivity contribution in [3.05, 3.63) is 0 Å². The standard InChI is InChI=1S/C15H26O2/c1-5-7-9-11-15(16)17-14(10-8-6-2)12-13(3)4/h13-14H,5-7,9,11-12H2,1-4H3. The lowest BCUT2D eigenvalue weighted by Gasteiger charge is -2.14. The normalized spacial score (nSPS) is 11.8. The van der Waals surface area contributed by atoms with E-state index in [-0.39, 0.29) is 12.1 Å². The smallest absolute Gasteiger partial charge is 0.307 e. The molecule has 0 aromatic rings. The molecular weight excluding hydrogens is 212 g/mol. The lowest BCUT2D eigenvalue weighted by molar-refractivity contribution is -0.147. The van der Waals surface area contributed by atoms with Gasteiger partial charge in [-0.2, -0.15) is 0 Å². The van der Waals surface area contributed by atoms with Crippen LogP contribution in [0.4, 0.5) is 0 Å². The Bertz CT molecular complexity index is 258. The van der Waals surface area contributed by atoms with Crippen molar-refractivity contribution in [3.63, 3.8) is 0 Å². The Labute approximate surface area is 106 Å². The fourth-order valence-corrected chi connectivity index (χ4v) is 1.52. The number of carbonyl (C=O) groups is 1. The Morgan fingerprint density at radius 2 is 1.94 bits per heavy atom. The minimum atomic E-state index is -0.218. The van der Waals surface area contributed by atoms with Crippen LogP contribution in [-0.4, -0.2) is 12.1 Å². The molecule has 0 bridgehead atoms. The predicted molar refractivity (Wildman–Crippen MR) is 71.5 cm³/mol. The highest BCUT2D eigenvalue weighted by Crippen LogP contribution is 2.10. The van der Waals surface area contributed by atoms with E-state index >= 15 is 0 Å². The van der Waals surface area contributed by atoms with Crippen molar-refractivity contribution in [1.82, 2.24) is 0 Å². The zero-order chi connectivity index (χ0) is 13.1. The van der Waals surface area contributed by atoms with Gasteiger partial charge in [0.25, 0.3) is 0 Å². The summed E-state index contributed by atoms with van der Waals surface area (Å²) in [6.07, 6.45) is 5.07. The number of esters is 1. The third-order valence-corrected chi connectivity index (χ3v) is 2.38. The summed E-state index contributed by atoms with van der Waals surface area (Å²) < 4.78 is 5.40. The first-order valence-electron chi connectivity index (χ1n) is 6.78. The van der Waals surface area contributed by atoms with Crippen LogP contribution in [0.15, 0.2) is 0 Å². The number of carbonyl (C=O) groups excluding carboxylic acids is 1. The van der Waals surface area contributed by atoms with Crippen molar-refractivity contribution in [3.8, 4) is 11.8 Å². The molecule has 0 aliphatic heterocycles. The lowest BCUT2D eigenvalue weighted by atomic mass is 10.1. The van der Waals surface area contributed by atoms with Crippen molar-refractivity contribution < 1.29 is 9.53 Å². The van der Waals surface area contributed by atoms with Crippen molar-refractivity contribution in [1.29, 1.82) is 0 Å². The Morgan fingerprint density at radius 3 is 2.47 bits per heavy atom. The Kier molecular flexibility index (Phi) is 9.62. The quantitative estimate of drug-likeness (QED) is 0.381. The van der Waals surface area contributed by atoms with Gasteiger partial charge in [-0.15, -0.1) is 0 Å². The molecule has 1 atom stereocenters. The molecule has 0 aromatic heterocycles. The van der Waals surface area contributed by atoms with E-state index in [2.05, 4.69) is 32.6 Å². The summed E-state index contributed by atoms with van der Waals surface area (Å²) in [5, 5.41) is 0. The molecular formula is C15H26O2. The first-order chi connectivity index (χ1) is 8.10. The van der Waals surface area contributed by atoms with E-state index in [0.717, 1.165) is 32.1 Å². The van der Waals surface area contributed by atoms with Crippen LogP contribution in [0.5, 0.6) is 0 Å². The van der Waals surface area contributed by atoms with Gasteiger partial charge in [0, 0.05) is 12.8 Å². The van der Waals surface area contributed by atoms with Crippen LogP contribution in [0.25, 0.3) is 0 Å². The Balaban J connectivity index is 4.08. The summed E-state index contributed by atoms with van der Waals surface area (Å²) >= 11 is 0. The molecule has 17 heavy (non-hydrogen) atoms.